The highest BCUT2D eigenvalue weighted by Gasteiger charge is 2.00. The van der Waals surface area contributed by atoms with Gasteiger partial charge in [-0.05, 0) is 6.42 Å². The molecule has 0 saturated heterocycles. The van der Waals surface area contributed by atoms with Gasteiger partial charge in [0.1, 0.15) is 16.6 Å². The molecule has 0 atom stereocenters. The van der Waals surface area contributed by atoms with E-state index in [-0.39, 0.29) is 5.84 Å². The van der Waals surface area contributed by atoms with E-state index in [1.165, 1.54) is 6.20 Å². The Balaban J connectivity index is 2.39. The maximum absolute atomic E-state index is 7.15. The summed E-state index contributed by atoms with van der Waals surface area (Å²) in [6.45, 7) is 0.756. The number of aromatic nitrogens is 2. The molecule has 0 aliphatic heterocycles. The lowest BCUT2D eigenvalue weighted by Crippen LogP contribution is -2.13. The summed E-state index contributed by atoms with van der Waals surface area (Å²) < 4.78 is 4.94. The molecule has 1 rings (SSSR count). The third-order valence-corrected chi connectivity index (χ3v) is 2.65. The molecule has 15 heavy (non-hydrogen) atoms. The summed E-state index contributed by atoms with van der Waals surface area (Å²) in [5.41, 5.74) is 5.67. The highest BCUT2D eigenvalue weighted by molar-refractivity contribution is 7.99. The second-order valence-electron chi connectivity index (χ2n) is 2.85. The SMILES string of the molecule is COCCCSc1cnc(C(=N)N)cn1. The summed E-state index contributed by atoms with van der Waals surface area (Å²) in [5, 5.41) is 7.99. The maximum atomic E-state index is 7.15. The summed E-state index contributed by atoms with van der Waals surface area (Å²) in [4.78, 5) is 8.15. The first-order chi connectivity index (χ1) is 7.24. The van der Waals surface area contributed by atoms with Crippen molar-refractivity contribution in [3.8, 4) is 0 Å². The summed E-state index contributed by atoms with van der Waals surface area (Å²) >= 11 is 1.62. The molecule has 3 N–H and O–H groups in total. The van der Waals surface area contributed by atoms with E-state index >= 15 is 0 Å². The van der Waals surface area contributed by atoms with Gasteiger partial charge in [0.15, 0.2) is 0 Å². The third-order valence-electron chi connectivity index (χ3n) is 1.65. The van der Waals surface area contributed by atoms with Gasteiger partial charge < -0.3 is 10.5 Å². The summed E-state index contributed by atoms with van der Waals surface area (Å²) in [6.07, 6.45) is 4.13. The number of amidine groups is 1. The molecule has 0 aromatic carbocycles. The molecule has 0 unspecified atom stereocenters. The molecule has 0 aliphatic rings. The van der Waals surface area contributed by atoms with Gasteiger partial charge in [-0.25, -0.2) is 9.97 Å². The number of methoxy groups -OCH3 is 1. The lowest BCUT2D eigenvalue weighted by Gasteiger charge is -2.01. The minimum absolute atomic E-state index is 0.0570. The molecule has 0 saturated carbocycles. The summed E-state index contributed by atoms with van der Waals surface area (Å²) in [6, 6.07) is 0. The molecule has 6 heteroatoms. The Labute approximate surface area is 93.0 Å². The number of hydrogen-bond acceptors (Lipinski definition) is 5. The Morgan fingerprint density at radius 3 is 2.87 bits per heavy atom. The number of nitrogens with zero attached hydrogens (tertiary/aromatic N) is 2. The molecule has 0 amide bonds. The van der Waals surface area contributed by atoms with E-state index in [9.17, 15) is 0 Å². The molecule has 0 radical (unpaired) electrons. The second-order valence-corrected chi connectivity index (χ2v) is 3.96. The van der Waals surface area contributed by atoms with Gasteiger partial charge in [0.05, 0.1) is 12.4 Å². The van der Waals surface area contributed by atoms with Crippen molar-refractivity contribution in [2.24, 2.45) is 5.73 Å². The van der Waals surface area contributed by atoms with Crippen LogP contribution in [0.15, 0.2) is 17.4 Å². The number of nitrogens with one attached hydrogen (secondary N) is 1. The van der Waals surface area contributed by atoms with Crippen molar-refractivity contribution in [2.75, 3.05) is 19.5 Å². The van der Waals surface area contributed by atoms with Gasteiger partial charge in [-0.15, -0.1) is 11.8 Å². The van der Waals surface area contributed by atoms with Crippen molar-refractivity contribution in [3.05, 3.63) is 18.1 Å². The van der Waals surface area contributed by atoms with E-state index in [0.29, 0.717) is 5.69 Å². The van der Waals surface area contributed by atoms with Crippen LogP contribution in [0.4, 0.5) is 0 Å². The van der Waals surface area contributed by atoms with Crippen molar-refractivity contribution in [1.82, 2.24) is 9.97 Å². The van der Waals surface area contributed by atoms with E-state index in [1.54, 1.807) is 25.1 Å². The fourth-order valence-electron chi connectivity index (χ4n) is 0.910. The molecule has 1 aromatic heterocycles. The molecule has 1 aromatic rings. The first-order valence-corrected chi connectivity index (χ1v) is 5.50. The first-order valence-electron chi connectivity index (χ1n) is 4.52. The van der Waals surface area contributed by atoms with Crippen molar-refractivity contribution in [2.45, 2.75) is 11.4 Å². The van der Waals surface area contributed by atoms with E-state index in [0.717, 1.165) is 23.8 Å². The van der Waals surface area contributed by atoms with Crippen LogP contribution in [0.1, 0.15) is 12.1 Å². The fourth-order valence-corrected chi connectivity index (χ4v) is 1.64. The number of rotatable bonds is 6. The van der Waals surface area contributed by atoms with Gasteiger partial charge in [-0.1, -0.05) is 0 Å². The van der Waals surface area contributed by atoms with Crippen molar-refractivity contribution in [1.29, 1.82) is 5.41 Å². The number of thioether (sulfide) groups is 1. The molecule has 1 heterocycles. The average Bonchev–Trinajstić information content (AvgIpc) is 2.25. The molecule has 0 spiro atoms. The van der Waals surface area contributed by atoms with Crippen LogP contribution in [0.5, 0.6) is 0 Å². The zero-order valence-corrected chi connectivity index (χ0v) is 9.38. The van der Waals surface area contributed by atoms with Crippen molar-refractivity contribution in [3.63, 3.8) is 0 Å². The van der Waals surface area contributed by atoms with Crippen LogP contribution < -0.4 is 5.73 Å². The standard InChI is InChI=1S/C9H14N4OS/c1-14-3-2-4-15-8-6-12-7(5-13-8)9(10)11/h5-6H,2-4H2,1H3,(H3,10,11). The van der Waals surface area contributed by atoms with E-state index in [2.05, 4.69) is 9.97 Å². The second kappa shape index (κ2) is 6.36. The van der Waals surface area contributed by atoms with Gasteiger partial charge in [0.25, 0.3) is 0 Å². The monoisotopic (exact) mass is 226 g/mol. The van der Waals surface area contributed by atoms with Crippen LogP contribution in [0.25, 0.3) is 0 Å². The molecule has 0 aliphatic carbocycles. The van der Waals surface area contributed by atoms with Gasteiger partial charge in [0.2, 0.25) is 0 Å². The third kappa shape index (κ3) is 4.26. The Bertz CT molecular complexity index is 314. The number of hydrogen-bond donors (Lipinski definition) is 2. The smallest absolute Gasteiger partial charge is 0.143 e. The van der Waals surface area contributed by atoms with Crippen LogP contribution in [0.2, 0.25) is 0 Å². The average molecular weight is 226 g/mol. The summed E-state index contributed by atoms with van der Waals surface area (Å²) in [5.74, 6) is 0.889. The largest absolute Gasteiger partial charge is 0.385 e. The first kappa shape index (κ1) is 11.9. The topological polar surface area (TPSA) is 84.9 Å². The molecule has 82 valence electrons. The lowest BCUT2D eigenvalue weighted by atomic mass is 10.4. The Hall–Kier alpha value is -1.14. The minimum Gasteiger partial charge on any atom is -0.385 e. The summed E-state index contributed by atoms with van der Waals surface area (Å²) in [7, 11) is 1.69. The van der Waals surface area contributed by atoms with E-state index < -0.39 is 0 Å². The van der Waals surface area contributed by atoms with E-state index in [1.807, 2.05) is 0 Å². The van der Waals surface area contributed by atoms with Crippen LogP contribution in [-0.4, -0.2) is 35.3 Å². The molecular weight excluding hydrogens is 212 g/mol. The van der Waals surface area contributed by atoms with Gasteiger partial charge >= 0.3 is 0 Å². The van der Waals surface area contributed by atoms with E-state index in [4.69, 9.17) is 15.9 Å². The molecule has 0 fully saturated rings. The Kier molecular flexibility index (Phi) is 5.06. The van der Waals surface area contributed by atoms with Gasteiger partial charge in [-0.2, -0.15) is 0 Å². The number of nitrogen functional groups attached to an aromatic ring is 1. The van der Waals surface area contributed by atoms with Gasteiger partial charge in [0, 0.05) is 19.5 Å². The molecule has 5 nitrogen and oxygen atoms in total. The Morgan fingerprint density at radius 1 is 1.53 bits per heavy atom. The lowest BCUT2D eigenvalue weighted by molar-refractivity contribution is 0.200. The van der Waals surface area contributed by atoms with Crippen LogP contribution in [0, 0.1) is 5.41 Å². The minimum atomic E-state index is -0.0570. The van der Waals surface area contributed by atoms with Crippen LogP contribution in [0.3, 0.4) is 0 Å². The zero-order valence-electron chi connectivity index (χ0n) is 8.56. The van der Waals surface area contributed by atoms with Crippen LogP contribution in [-0.2, 0) is 4.74 Å². The van der Waals surface area contributed by atoms with Crippen molar-refractivity contribution < 1.29 is 4.74 Å². The highest BCUT2D eigenvalue weighted by atomic mass is 32.2. The fraction of sp³-hybridized carbons (Fsp3) is 0.444. The van der Waals surface area contributed by atoms with Crippen LogP contribution >= 0.6 is 11.8 Å². The maximum Gasteiger partial charge on any atom is 0.143 e. The van der Waals surface area contributed by atoms with Crippen molar-refractivity contribution >= 4 is 17.6 Å². The quantitative estimate of drug-likeness (QED) is 0.326. The zero-order chi connectivity index (χ0) is 11.1. The van der Waals surface area contributed by atoms with Gasteiger partial charge in [-0.3, -0.25) is 5.41 Å². The number of ether oxygens (including phenoxy) is 1. The predicted octanol–water partition coefficient (Wildman–Crippen LogP) is 0.889. The Morgan fingerprint density at radius 2 is 2.33 bits per heavy atom. The molecular formula is C9H14N4OS. The normalized spacial score (nSPS) is 10.2. The predicted molar refractivity (Wildman–Crippen MR) is 60.3 cm³/mol. The highest BCUT2D eigenvalue weighted by Crippen LogP contribution is 2.14. The molecule has 0 bridgehead atoms. The number of nitrogens with two attached hydrogens (primary N) is 1.